The highest BCUT2D eigenvalue weighted by Crippen LogP contribution is 2.41. The van der Waals surface area contributed by atoms with Gasteiger partial charge < -0.3 is 24.5 Å². The van der Waals surface area contributed by atoms with Crippen molar-refractivity contribution in [3.63, 3.8) is 0 Å². The molecule has 2 heterocycles. The first-order chi connectivity index (χ1) is 15.0. The molecule has 7 heteroatoms. The third-order valence-corrected chi connectivity index (χ3v) is 6.83. The molecule has 1 amide bonds. The highest BCUT2D eigenvalue weighted by molar-refractivity contribution is 7.16. The van der Waals surface area contributed by atoms with Gasteiger partial charge in [-0.2, -0.15) is 0 Å². The van der Waals surface area contributed by atoms with Crippen LogP contribution in [0.15, 0.2) is 34.7 Å². The summed E-state index contributed by atoms with van der Waals surface area (Å²) < 4.78 is 16.4. The van der Waals surface area contributed by atoms with E-state index >= 15 is 0 Å². The second-order valence-corrected chi connectivity index (χ2v) is 9.05. The second kappa shape index (κ2) is 9.06. The summed E-state index contributed by atoms with van der Waals surface area (Å²) in [5.74, 6) is 3.46. The molecule has 164 valence electrons. The molecule has 0 bridgehead atoms. The number of furan rings is 1. The van der Waals surface area contributed by atoms with Crippen molar-refractivity contribution >= 4 is 27.9 Å². The predicted molar refractivity (Wildman–Crippen MR) is 124 cm³/mol. The quantitative estimate of drug-likeness (QED) is 0.496. The van der Waals surface area contributed by atoms with Crippen molar-refractivity contribution in [2.45, 2.75) is 39.7 Å². The number of ether oxygens (including phenoxy) is 2. The maximum atomic E-state index is 13.4. The number of aryl methyl sites for hydroxylation is 1. The summed E-state index contributed by atoms with van der Waals surface area (Å²) in [5, 5.41) is 7.37. The Labute approximate surface area is 186 Å². The first-order valence-corrected chi connectivity index (χ1v) is 11.3. The summed E-state index contributed by atoms with van der Waals surface area (Å²) >= 11 is 1.68. The number of carbonyl (C=O) groups is 1. The number of fused-ring (bicyclic) bond motifs is 1. The molecule has 4 rings (SSSR count). The Morgan fingerprint density at radius 2 is 2.06 bits per heavy atom. The van der Waals surface area contributed by atoms with Crippen LogP contribution in [0.1, 0.15) is 45.7 Å². The van der Waals surface area contributed by atoms with E-state index in [0.29, 0.717) is 29.6 Å². The number of nitrogens with one attached hydrogen (secondary N) is 2. The largest absolute Gasteiger partial charge is 0.497 e. The molecule has 0 saturated heterocycles. The number of anilines is 2. The van der Waals surface area contributed by atoms with E-state index in [-0.39, 0.29) is 5.91 Å². The Morgan fingerprint density at radius 3 is 2.77 bits per heavy atom. The molecule has 0 aliphatic heterocycles. The van der Waals surface area contributed by atoms with Gasteiger partial charge in [0.2, 0.25) is 0 Å². The summed E-state index contributed by atoms with van der Waals surface area (Å²) in [7, 11) is 3.18. The molecular formula is C24H28N2O4S. The van der Waals surface area contributed by atoms with Crippen molar-refractivity contribution in [3.05, 3.63) is 57.9 Å². The van der Waals surface area contributed by atoms with Crippen LogP contribution in [0.4, 0.5) is 10.7 Å². The van der Waals surface area contributed by atoms with Crippen LogP contribution in [0.5, 0.6) is 11.5 Å². The molecular weight excluding hydrogens is 412 g/mol. The van der Waals surface area contributed by atoms with Gasteiger partial charge in [-0.1, -0.05) is 6.92 Å². The molecule has 1 aromatic carbocycles. The molecule has 6 nitrogen and oxygen atoms in total. The number of hydrogen-bond donors (Lipinski definition) is 2. The monoisotopic (exact) mass is 440 g/mol. The molecule has 0 unspecified atom stereocenters. The number of methoxy groups -OCH3 is 2. The molecule has 31 heavy (non-hydrogen) atoms. The van der Waals surface area contributed by atoms with E-state index in [9.17, 15) is 4.79 Å². The molecule has 2 N–H and O–H groups in total. The lowest BCUT2D eigenvalue weighted by molar-refractivity contribution is 0.102. The zero-order chi connectivity index (χ0) is 22.0. The Kier molecular flexibility index (Phi) is 6.23. The van der Waals surface area contributed by atoms with E-state index in [4.69, 9.17) is 13.9 Å². The van der Waals surface area contributed by atoms with Crippen LogP contribution in [0, 0.1) is 12.8 Å². The van der Waals surface area contributed by atoms with Crippen molar-refractivity contribution < 1.29 is 18.7 Å². The van der Waals surface area contributed by atoms with Gasteiger partial charge in [0.25, 0.3) is 5.91 Å². The number of thiophene rings is 1. The van der Waals surface area contributed by atoms with Gasteiger partial charge >= 0.3 is 0 Å². The van der Waals surface area contributed by atoms with Crippen molar-refractivity contribution in [1.29, 1.82) is 0 Å². The van der Waals surface area contributed by atoms with Crippen LogP contribution in [-0.4, -0.2) is 20.1 Å². The molecule has 1 atom stereocenters. The van der Waals surface area contributed by atoms with E-state index in [1.54, 1.807) is 43.8 Å². The molecule has 3 aromatic rings. The zero-order valence-electron chi connectivity index (χ0n) is 18.3. The molecule has 1 aliphatic carbocycles. The van der Waals surface area contributed by atoms with Gasteiger partial charge in [0, 0.05) is 10.9 Å². The van der Waals surface area contributed by atoms with Gasteiger partial charge in [-0.3, -0.25) is 4.79 Å². The number of amides is 1. The van der Waals surface area contributed by atoms with E-state index in [1.807, 2.05) is 19.1 Å². The van der Waals surface area contributed by atoms with E-state index in [1.165, 1.54) is 4.88 Å². The highest BCUT2D eigenvalue weighted by atomic mass is 32.1. The summed E-state index contributed by atoms with van der Waals surface area (Å²) in [4.78, 5) is 14.7. The van der Waals surface area contributed by atoms with Gasteiger partial charge in [-0.05, 0) is 61.9 Å². The van der Waals surface area contributed by atoms with Crippen molar-refractivity contribution in [2.24, 2.45) is 5.92 Å². The summed E-state index contributed by atoms with van der Waals surface area (Å²) in [5.41, 5.74) is 2.50. The minimum absolute atomic E-state index is 0.131. The number of hydrogen-bond acceptors (Lipinski definition) is 6. The lowest BCUT2D eigenvalue weighted by atomic mass is 9.88. The maximum absolute atomic E-state index is 13.4. The third-order valence-electron chi connectivity index (χ3n) is 5.61. The van der Waals surface area contributed by atoms with Crippen LogP contribution in [-0.2, 0) is 19.4 Å². The third kappa shape index (κ3) is 4.56. The first-order valence-electron chi connectivity index (χ1n) is 10.5. The van der Waals surface area contributed by atoms with Crippen LogP contribution < -0.4 is 20.1 Å². The zero-order valence-corrected chi connectivity index (χ0v) is 19.2. The lowest BCUT2D eigenvalue weighted by Gasteiger charge is -2.19. The van der Waals surface area contributed by atoms with Crippen molar-refractivity contribution in [2.75, 3.05) is 24.9 Å². The fourth-order valence-electron chi connectivity index (χ4n) is 3.95. The Balaban J connectivity index is 1.63. The minimum atomic E-state index is -0.131. The van der Waals surface area contributed by atoms with Crippen LogP contribution in [0.25, 0.3) is 0 Å². The van der Waals surface area contributed by atoms with E-state index < -0.39 is 0 Å². The summed E-state index contributed by atoms with van der Waals surface area (Å²) in [6.45, 7) is 4.73. The summed E-state index contributed by atoms with van der Waals surface area (Å²) in [6, 6.07) is 9.27. The van der Waals surface area contributed by atoms with Gasteiger partial charge in [0.05, 0.1) is 32.0 Å². The summed E-state index contributed by atoms with van der Waals surface area (Å²) in [6.07, 6.45) is 3.01. The molecule has 0 spiro atoms. The van der Waals surface area contributed by atoms with Gasteiger partial charge in [0.15, 0.2) is 0 Å². The smallest absolute Gasteiger partial charge is 0.259 e. The molecule has 0 radical (unpaired) electrons. The SMILES string of the molecule is COc1ccc(NC(=O)c2c(NCc3ccc(C)o3)sc3c2CC[C@@H](C)C3)c(OC)c1. The van der Waals surface area contributed by atoms with E-state index in [0.717, 1.165) is 46.9 Å². The van der Waals surface area contributed by atoms with Crippen LogP contribution >= 0.6 is 11.3 Å². The first kappa shape index (κ1) is 21.3. The topological polar surface area (TPSA) is 72.7 Å². The number of benzene rings is 1. The second-order valence-electron chi connectivity index (χ2n) is 7.94. The number of rotatable bonds is 7. The van der Waals surface area contributed by atoms with Crippen molar-refractivity contribution in [3.8, 4) is 11.5 Å². The van der Waals surface area contributed by atoms with Gasteiger partial charge in [0.1, 0.15) is 28.0 Å². The molecule has 0 fully saturated rings. The van der Waals surface area contributed by atoms with Gasteiger partial charge in [-0.25, -0.2) is 0 Å². The van der Waals surface area contributed by atoms with Crippen LogP contribution in [0.3, 0.4) is 0 Å². The Bertz CT molecular complexity index is 1090. The van der Waals surface area contributed by atoms with Crippen LogP contribution in [0.2, 0.25) is 0 Å². The Morgan fingerprint density at radius 1 is 1.23 bits per heavy atom. The molecule has 0 saturated carbocycles. The van der Waals surface area contributed by atoms with Gasteiger partial charge in [-0.15, -0.1) is 11.3 Å². The Hall–Kier alpha value is -2.93. The number of carbonyl (C=O) groups excluding carboxylic acids is 1. The average Bonchev–Trinajstić information content (AvgIpc) is 3.34. The van der Waals surface area contributed by atoms with E-state index in [2.05, 4.69) is 17.6 Å². The maximum Gasteiger partial charge on any atom is 0.259 e. The molecule has 2 aromatic heterocycles. The predicted octanol–water partition coefficient (Wildman–Crippen LogP) is 5.66. The highest BCUT2D eigenvalue weighted by Gasteiger charge is 2.28. The lowest BCUT2D eigenvalue weighted by Crippen LogP contribution is -2.18. The average molecular weight is 441 g/mol. The fraction of sp³-hybridized carbons (Fsp3) is 0.375. The standard InChI is InChI=1S/C24H28N2O4S/c1-14-5-9-18-21(11-14)31-24(25-13-17-7-6-15(2)30-17)22(18)23(27)26-19-10-8-16(28-3)12-20(19)29-4/h6-8,10,12,14,25H,5,9,11,13H2,1-4H3,(H,26,27)/t14-/m1/s1. The fourth-order valence-corrected chi connectivity index (χ4v) is 5.35. The van der Waals surface area contributed by atoms with Crippen molar-refractivity contribution in [1.82, 2.24) is 0 Å². The normalized spacial score (nSPS) is 15.3. The molecule has 1 aliphatic rings. The minimum Gasteiger partial charge on any atom is -0.497 e.